The van der Waals surface area contributed by atoms with E-state index in [1.165, 1.54) is 6.07 Å². The number of hydrogen-bond acceptors (Lipinski definition) is 3. The number of rotatable bonds is 2. The first-order chi connectivity index (χ1) is 9.91. The van der Waals surface area contributed by atoms with Crippen LogP contribution in [0.25, 0.3) is 0 Å². The van der Waals surface area contributed by atoms with Crippen LogP contribution in [0, 0.1) is 11.6 Å². The Hall–Kier alpha value is -1.21. The van der Waals surface area contributed by atoms with Crippen molar-refractivity contribution >= 4 is 22.0 Å². The lowest BCUT2D eigenvalue weighted by molar-refractivity contribution is 0.0551. The maximum Gasteiger partial charge on any atom is 0.410 e. The summed E-state index contributed by atoms with van der Waals surface area (Å²) < 4.78 is 32.6. The molecule has 0 aromatic heterocycles. The predicted molar refractivity (Wildman–Crippen MR) is 77.9 cm³/mol. The molecule has 1 aromatic rings. The maximum absolute atomic E-state index is 13.8. The molecule has 4 nitrogen and oxygen atoms in total. The lowest BCUT2D eigenvalue weighted by Crippen LogP contribution is -2.57. The molecule has 1 heterocycles. The number of piperazine rings is 1. The quantitative estimate of drug-likeness (QED) is 0.822. The van der Waals surface area contributed by atoms with Gasteiger partial charge in [0.2, 0.25) is 0 Å². The molecule has 1 amide bonds. The molecule has 2 rings (SSSR count). The lowest BCUT2D eigenvalue weighted by atomic mass is 10.1. The Balaban J connectivity index is 2.06. The molecular weight excluding hydrogens is 346 g/mol. The summed E-state index contributed by atoms with van der Waals surface area (Å²) >= 11 is 2.98. The minimum absolute atomic E-state index is 0.0292. The molecule has 0 radical (unpaired) electrons. The smallest absolute Gasteiger partial charge is 0.410 e. The Morgan fingerprint density at radius 2 is 2.00 bits per heavy atom. The molecule has 1 saturated heterocycles. The van der Waals surface area contributed by atoms with Gasteiger partial charge in [0.15, 0.2) is 0 Å². The molecule has 1 fully saturated rings. The second kappa shape index (κ2) is 6.70. The third kappa shape index (κ3) is 3.52. The van der Waals surface area contributed by atoms with Crippen molar-refractivity contribution in [3.63, 3.8) is 0 Å². The molecule has 116 valence electrons. The number of amides is 1. The van der Waals surface area contributed by atoms with Crippen LogP contribution in [0.2, 0.25) is 0 Å². The third-order valence-electron chi connectivity index (χ3n) is 3.52. The number of nitrogens with one attached hydrogen (secondary N) is 1. The summed E-state index contributed by atoms with van der Waals surface area (Å²) in [6, 6.07) is 2.35. The zero-order valence-corrected chi connectivity index (χ0v) is 13.4. The number of ether oxygens (including phenoxy) is 1. The van der Waals surface area contributed by atoms with Gasteiger partial charge in [-0.1, -0.05) is 0 Å². The molecule has 0 bridgehead atoms. The third-order valence-corrected chi connectivity index (χ3v) is 4.13. The van der Waals surface area contributed by atoms with E-state index >= 15 is 0 Å². The molecule has 0 aliphatic carbocycles. The van der Waals surface area contributed by atoms with E-state index in [9.17, 15) is 13.6 Å². The van der Waals surface area contributed by atoms with Crippen LogP contribution in [0.1, 0.15) is 19.4 Å². The van der Waals surface area contributed by atoms with Crippen LogP contribution in [-0.2, 0) is 11.3 Å². The Bertz CT molecular complexity index is 532. The second-order valence-electron chi connectivity index (χ2n) is 5.14. The van der Waals surface area contributed by atoms with Crippen molar-refractivity contribution < 1.29 is 18.3 Å². The Kier molecular flexibility index (Phi) is 5.16. The van der Waals surface area contributed by atoms with E-state index in [1.54, 1.807) is 4.90 Å². The monoisotopic (exact) mass is 362 g/mol. The average molecular weight is 363 g/mol. The van der Waals surface area contributed by atoms with E-state index in [-0.39, 0.29) is 22.1 Å². The van der Waals surface area contributed by atoms with Crippen LogP contribution in [0.3, 0.4) is 0 Å². The highest BCUT2D eigenvalue weighted by Crippen LogP contribution is 2.23. The predicted octanol–water partition coefficient (Wildman–Crippen LogP) is 3.05. The van der Waals surface area contributed by atoms with E-state index < -0.39 is 24.3 Å². The molecule has 0 spiro atoms. The number of halogens is 3. The van der Waals surface area contributed by atoms with Crippen molar-refractivity contribution in [1.29, 1.82) is 0 Å². The standard InChI is InChI=1S/C14H17BrF2N2O2/c1-8-5-18-6-9(2)19(8)14(20)21-7-10-12(16)4-3-11(15)13(10)17/h3-4,8-9,18H,5-7H2,1-2H3. The highest BCUT2D eigenvalue weighted by atomic mass is 79.9. The van der Waals surface area contributed by atoms with E-state index in [0.29, 0.717) is 13.1 Å². The molecule has 2 atom stereocenters. The largest absolute Gasteiger partial charge is 0.444 e. The number of carbonyl (C=O) groups excluding carboxylic acids is 1. The van der Waals surface area contributed by atoms with Gasteiger partial charge in [-0.25, -0.2) is 13.6 Å². The van der Waals surface area contributed by atoms with Gasteiger partial charge in [-0.3, -0.25) is 0 Å². The first kappa shape index (κ1) is 16.2. The summed E-state index contributed by atoms with van der Waals surface area (Å²) in [5.41, 5.74) is -0.256. The SMILES string of the molecule is CC1CNCC(C)N1C(=O)OCc1c(F)ccc(Br)c1F. The topological polar surface area (TPSA) is 41.6 Å². The molecule has 2 unspecified atom stereocenters. The van der Waals surface area contributed by atoms with Gasteiger partial charge in [-0.2, -0.15) is 0 Å². The number of nitrogens with zero attached hydrogens (tertiary/aromatic N) is 1. The average Bonchev–Trinajstić information content (AvgIpc) is 2.43. The van der Waals surface area contributed by atoms with Crippen molar-refractivity contribution in [2.24, 2.45) is 0 Å². The van der Waals surface area contributed by atoms with E-state index in [4.69, 9.17) is 4.74 Å². The second-order valence-corrected chi connectivity index (χ2v) is 5.99. The fourth-order valence-electron chi connectivity index (χ4n) is 2.40. The van der Waals surface area contributed by atoms with E-state index in [0.717, 1.165) is 6.07 Å². The number of carbonyl (C=O) groups is 1. The lowest BCUT2D eigenvalue weighted by Gasteiger charge is -2.38. The highest BCUT2D eigenvalue weighted by molar-refractivity contribution is 9.10. The van der Waals surface area contributed by atoms with Gasteiger partial charge >= 0.3 is 6.09 Å². The summed E-state index contributed by atoms with van der Waals surface area (Å²) in [6.07, 6.45) is -0.560. The molecule has 1 aliphatic heterocycles. The van der Waals surface area contributed by atoms with Crippen molar-refractivity contribution in [2.45, 2.75) is 32.5 Å². The van der Waals surface area contributed by atoms with Gasteiger partial charge < -0.3 is 15.0 Å². The minimum Gasteiger partial charge on any atom is -0.444 e. The van der Waals surface area contributed by atoms with Gasteiger partial charge in [0.1, 0.15) is 18.2 Å². The summed E-state index contributed by atoms with van der Waals surface area (Å²) in [4.78, 5) is 13.7. The van der Waals surface area contributed by atoms with Crippen molar-refractivity contribution in [2.75, 3.05) is 13.1 Å². The van der Waals surface area contributed by atoms with Crippen LogP contribution < -0.4 is 5.32 Å². The molecule has 1 N–H and O–H groups in total. The van der Waals surface area contributed by atoms with Gasteiger partial charge in [0, 0.05) is 25.2 Å². The van der Waals surface area contributed by atoms with E-state index in [1.807, 2.05) is 13.8 Å². The Labute approximate surface area is 130 Å². The fourth-order valence-corrected chi connectivity index (χ4v) is 2.77. The maximum atomic E-state index is 13.8. The van der Waals surface area contributed by atoms with Crippen molar-refractivity contribution in [3.8, 4) is 0 Å². The molecular formula is C14H17BrF2N2O2. The summed E-state index contributed by atoms with van der Waals surface area (Å²) in [6.45, 7) is 4.69. The Morgan fingerprint density at radius 1 is 1.38 bits per heavy atom. The summed E-state index contributed by atoms with van der Waals surface area (Å²) in [5.74, 6) is -1.48. The molecule has 7 heteroatoms. The summed E-state index contributed by atoms with van der Waals surface area (Å²) in [5, 5.41) is 3.19. The highest BCUT2D eigenvalue weighted by Gasteiger charge is 2.30. The first-order valence-electron chi connectivity index (χ1n) is 6.70. The molecule has 1 aromatic carbocycles. The van der Waals surface area contributed by atoms with Gasteiger partial charge in [-0.15, -0.1) is 0 Å². The van der Waals surface area contributed by atoms with Crippen molar-refractivity contribution in [1.82, 2.24) is 10.2 Å². The molecule has 1 aliphatic rings. The van der Waals surface area contributed by atoms with Crippen LogP contribution in [0.5, 0.6) is 0 Å². The van der Waals surface area contributed by atoms with Gasteiger partial charge in [0.05, 0.1) is 10.0 Å². The van der Waals surface area contributed by atoms with Crippen LogP contribution >= 0.6 is 15.9 Å². The Morgan fingerprint density at radius 3 is 2.62 bits per heavy atom. The first-order valence-corrected chi connectivity index (χ1v) is 7.49. The summed E-state index contributed by atoms with van der Waals surface area (Å²) in [7, 11) is 0. The molecule has 21 heavy (non-hydrogen) atoms. The van der Waals surface area contributed by atoms with Gasteiger partial charge in [-0.05, 0) is 41.9 Å². The van der Waals surface area contributed by atoms with Crippen LogP contribution in [-0.4, -0.2) is 36.2 Å². The van der Waals surface area contributed by atoms with Crippen LogP contribution in [0.4, 0.5) is 13.6 Å². The van der Waals surface area contributed by atoms with E-state index in [2.05, 4.69) is 21.2 Å². The minimum atomic E-state index is -0.746. The van der Waals surface area contributed by atoms with Crippen molar-refractivity contribution in [3.05, 3.63) is 33.8 Å². The van der Waals surface area contributed by atoms with Crippen LogP contribution in [0.15, 0.2) is 16.6 Å². The number of benzene rings is 1. The number of hydrogen-bond donors (Lipinski definition) is 1. The van der Waals surface area contributed by atoms with Gasteiger partial charge in [0.25, 0.3) is 0 Å². The normalized spacial score (nSPS) is 22.2. The fraction of sp³-hybridized carbons (Fsp3) is 0.500. The zero-order chi connectivity index (χ0) is 15.6. The zero-order valence-electron chi connectivity index (χ0n) is 11.8. The molecule has 0 saturated carbocycles.